The molecule has 1 unspecified atom stereocenters. The molecule has 1 aliphatic heterocycles. The Bertz CT molecular complexity index is 832. The summed E-state index contributed by atoms with van der Waals surface area (Å²) in [5.41, 5.74) is 1.72. The number of aromatic nitrogens is 1. The SMILES string of the molecule is N#CCc1ccc(CC2C=c3ccccc3=NC2=O)cn1. The predicted octanol–water partition coefficient (Wildman–Crippen LogP) is 0.947. The van der Waals surface area contributed by atoms with Crippen molar-refractivity contribution < 1.29 is 4.79 Å². The number of hydrogen-bond donors (Lipinski definition) is 0. The molecule has 0 spiro atoms. The fraction of sp³-hybridized carbons (Fsp3) is 0.176. The predicted molar refractivity (Wildman–Crippen MR) is 77.4 cm³/mol. The second-order valence-electron chi connectivity index (χ2n) is 4.98. The molecule has 0 N–H and O–H groups in total. The molecule has 0 aliphatic carbocycles. The quantitative estimate of drug-likeness (QED) is 0.837. The van der Waals surface area contributed by atoms with E-state index in [9.17, 15) is 4.79 Å². The van der Waals surface area contributed by atoms with Crippen LogP contribution in [-0.4, -0.2) is 10.9 Å². The fourth-order valence-electron chi connectivity index (χ4n) is 2.38. The van der Waals surface area contributed by atoms with Gasteiger partial charge in [0, 0.05) is 6.20 Å². The molecule has 0 bridgehead atoms. The minimum absolute atomic E-state index is 0.116. The minimum atomic E-state index is -0.247. The number of pyridine rings is 1. The van der Waals surface area contributed by atoms with Crippen molar-refractivity contribution in [1.29, 1.82) is 5.26 Å². The first kappa shape index (κ1) is 13.2. The zero-order chi connectivity index (χ0) is 14.7. The number of nitriles is 1. The van der Waals surface area contributed by atoms with Gasteiger partial charge in [-0.3, -0.25) is 9.78 Å². The molecule has 102 valence electrons. The molecule has 2 heterocycles. The highest BCUT2D eigenvalue weighted by Gasteiger charge is 2.18. The molecule has 1 aliphatic rings. The third-order valence-electron chi connectivity index (χ3n) is 3.47. The van der Waals surface area contributed by atoms with Gasteiger partial charge in [-0.25, -0.2) is 4.99 Å². The van der Waals surface area contributed by atoms with Gasteiger partial charge in [-0.15, -0.1) is 0 Å². The van der Waals surface area contributed by atoms with Gasteiger partial charge < -0.3 is 0 Å². The Morgan fingerprint density at radius 2 is 2.05 bits per heavy atom. The Morgan fingerprint density at radius 3 is 2.81 bits per heavy atom. The van der Waals surface area contributed by atoms with Crippen LogP contribution in [0.25, 0.3) is 6.08 Å². The first-order valence-corrected chi connectivity index (χ1v) is 6.76. The average molecular weight is 275 g/mol. The Morgan fingerprint density at radius 1 is 1.19 bits per heavy atom. The van der Waals surface area contributed by atoms with Gasteiger partial charge in [0.05, 0.1) is 29.5 Å². The molecule has 3 rings (SSSR count). The molecule has 4 heteroatoms. The van der Waals surface area contributed by atoms with E-state index in [4.69, 9.17) is 5.26 Å². The summed E-state index contributed by atoms with van der Waals surface area (Å²) in [6, 6.07) is 13.4. The lowest BCUT2D eigenvalue weighted by atomic mass is 9.96. The van der Waals surface area contributed by atoms with Crippen LogP contribution in [-0.2, 0) is 17.6 Å². The molecule has 1 atom stereocenters. The molecule has 0 radical (unpaired) electrons. The average Bonchev–Trinajstić information content (AvgIpc) is 2.50. The Balaban J connectivity index is 1.84. The fourth-order valence-corrected chi connectivity index (χ4v) is 2.38. The van der Waals surface area contributed by atoms with Crippen LogP contribution in [0.1, 0.15) is 11.3 Å². The van der Waals surface area contributed by atoms with Crippen LogP contribution >= 0.6 is 0 Å². The Kier molecular flexibility index (Phi) is 3.57. The maximum atomic E-state index is 12.1. The smallest absolute Gasteiger partial charge is 0.253 e. The second-order valence-corrected chi connectivity index (χ2v) is 4.98. The van der Waals surface area contributed by atoms with E-state index in [0.29, 0.717) is 12.8 Å². The van der Waals surface area contributed by atoms with Crippen LogP contribution in [0.3, 0.4) is 0 Å². The number of benzene rings is 1. The van der Waals surface area contributed by atoms with E-state index in [1.165, 1.54) is 0 Å². The number of nitrogens with zero attached hydrogens (tertiary/aromatic N) is 3. The van der Waals surface area contributed by atoms with E-state index < -0.39 is 0 Å². The molecular formula is C17H13N3O. The van der Waals surface area contributed by atoms with Crippen molar-refractivity contribution in [3.8, 4) is 6.07 Å². The summed E-state index contributed by atoms with van der Waals surface area (Å²) in [6.07, 6.45) is 4.58. The van der Waals surface area contributed by atoms with Crippen LogP contribution in [0.4, 0.5) is 0 Å². The third-order valence-corrected chi connectivity index (χ3v) is 3.47. The molecule has 21 heavy (non-hydrogen) atoms. The number of para-hydroxylation sites is 1. The van der Waals surface area contributed by atoms with Crippen molar-refractivity contribution in [1.82, 2.24) is 4.98 Å². The molecular weight excluding hydrogens is 262 g/mol. The summed E-state index contributed by atoms with van der Waals surface area (Å²) >= 11 is 0. The summed E-state index contributed by atoms with van der Waals surface area (Å²) in [4.78, 5) is 20.4. The lowest BCUT2D eigenvalue weighted by Crippen LogP contribution is -2.34. The van der Waals surface area contributed by atoms with Crippen molar-refractivity contribution in [2.75, 3.05) is 0 Å². The summed E-state index contributed by atoms with van der Waals surface area (Å²) in [6.45, 7) is 0. The highest BCUT2D eigenvalue weighted by atomic mass is 16.1. The van der Waals surface area contributed by atoms with Crippen molar-refractivity contribution in [2.24, 2.45) is 10.9 Å². The standard InChI is InChI=1S/C17H13N3O/c18-8-7-15-6-5-12(11-19-15)9-14-10-13-3-1-2-4-16(13)20-17(14)21/h1-6,10-11,14H,7,9H2. The van der Waals surface area contributed by atoms with E-state index in [-0.39, 0.29) is 11.8 Å². The minimum Gasteiger partial charge on any atom is -0.272 e. The van der Waals surface area contributed by atoms with Gasteiger partial charge in [-0.2, -0.15) is 5.26 Å². The number of carbonyl (C=O) groups excluding carboxylic acids is 1. The highest BCUT2D eigenvalue weighted by molar-refractivity contribution is 5.86. The molecule has 1 amide bonds. The zero-order valence-corrected chi connectivity index (χ0v) is 11.4. The van der Waals surface area contributed by atoms with Crippen LogP contribution < -0.4 is 10.6 Å². The van der Waals surface area contributed by atoms with Gasteiger partial charge in [0.25, 0.3) is 5.91 Å². The second kappa shape index (κ2) is 5.68. The van der Waals surface area contributed by atoms with Crippen LogP contribution in [0, 0.1) is 17.2 Å². The van der Waals surface area contributed by atoms with Crippen LogP contribution in [0.2, 0.25) is 0 Å². The van der Waals surface area contributed by atoms with Crippen LogP contribution in [0.5, 0.6) is 0 Å². The van der Waals surface area contributed by atoms with Gasteiger partial charge in [0.2, 0.25) is 0 Å². The largest absolute Gasteiger partial charge is 0.272 e. The third kappa shape index (κ3) is 2.87. The first-order chi connectivity index (χ1) is 10.3. The highest BCUT2D eigenvalue weighted by Crippen LogP contribution is 2.13. The van der Waals surface area contributed by atoms with Crippen molar-refractivity contribution in [3.63, 3.8) is 0 Å². The Hall–Kier alpha value is -2.80. The van der Waals surface area contributed by atoms with E-state index >= 15 is 0 Å². The molecule has 1 aromatic carbocycles. The molecule has 4 nitrogen and oxygen atoms in total. The molecule has 0 saturated carbocycles. The monoisotopic (exact) mass is 275 g/mol. The summed E-state index contributed by atoms with van der Waals surface area (Å²) < 4.78 is 0. The van der Waals surface area contributed by atoms with Crippen molar-refractivity contribution in [2.45, 2.75) is 12.8 Å². The van der Waals surface area contributed by atoms with E-state index in [0.717, 1.165) is 21.8 Å². The van der Waals surface area contributed by atoms with Gasteiger partial charge >= 0.3 is 0 Å². The summed E-state index contributed by atoms with van der Waals surface area (Å²) in [5, 5.41) is 10.4. The van der Waals surface area contributed by atoms with E-state index in [1.54, 1.807) is 6.20 Å². The number of rotatable bonds is 3. The molecule has 1 aromatic heterocycles. The maximum Gasteiger partial charge on any atom is 0.253 e. The number of fused-ring (bicyclic) bond motifs is 1. The first-order valence-electron chi connectivity index (χ1n) is 6.76. The van der Waals surface area contributed by atoms with Gasteiger partial charge in [0.15, 0.2) is 0 Å². The molecule has 0 saturated heterocycles. The number of hydrogen-bond acceptors (Lipinski definition) is 3. The number of carbonyl (C=O) groups is 1. The topological polar surface area (TPSA) is 66.1 Å². The summed E-state index contributed by atoms with van der Waals surface area (Å²) in [5.74, 6) is -0.363. The van der Waals surface area contributed by atoms with Crippen molar-refractivity contribution >= 4 is 12.0 Å². The summed E-state index contributed by atoms with van der Waals surface area (Å²) in [7, 11) is 0. The number of amides is 1. The maximum absolute atomic E-state index is 12.1. The van der Waals surface area contributed by atoms with Crippen molar-refractivity contribution in [3.05, 3.63) is 64.4 Å². The zero-order valence-electron chi connectivity index (χ0n) is 11.4. The van der Waals surface area contributed by atoms with Gasteiger partial charge in [-0.1, -0.05) is 30.3 Å². The van der Waals surface area contributed by atoms with E-state index in [1.807, 2.05) is 42.5 Å². The van der Waals surface area contributed by atoms with Gasteiger partial charge in [-0.05, 0) is 29.3 Å². The lowest BCUT2D eigenvalue weighted by molar-refractivity contribution is -0.120. The normalized spacial score (nSPS) is 16.3. The van der Waals surface area contributed by atoms with E-state index in [2.05, 4.69) is 16.0 Å². The molecule has 2 aromatic rings. The Labute approximate surface area is 122 Å². The molecule has 0 fully saturated rings. The van der Waals surface area contributed by atoms with Crippen LogP contribution in [0.15, 0.2) is 47.6 Å². The lowest BCUT2D eigenvalue weighted by Gasteiger charge is -2.12. The van der Waals surface area contributed by atoms with Gasteiger partial charge in [0.1, 0.15) is 0 Å².